The van der Waals surface area contributed by atoms with Gasteiger partial charge in [0.1, 0.15) is 0 Å². The maximum atomic E-state index is 9.06. The lowest BCUT2D eigenvalue weighted by atomic mass is 9.81. The maximum absolute atomic E-state index is 9.06. The molecule has 2 fully saturated rings. The van der Waals surface area contributed by atoms with E-state index in [0.29, 0.717) is 12.5 Å². The van der Waals surface area contributed by atoms with E-state index in [-0.39, 0.29) is 6.10 Å². The lowest BCUT2D eigenvalue weighted by Gasteiger charge is -2.43. The summed E-state index contributed by atoms with van der Waals surface area (Å²) in [6, 6.07) is 0. The van der Waals surface area contributed by atoms with Crippen LogP contribution in [0, 0.1) is 11.8 Å². The van der Waals surface area contributed by atoms with E-state index in [1.165, 1.54) is 0 Å². The molecule has 1 aliphatic heterocycles. The Hall–Kier alpha value is -0.120. The van der Waals surface area contributed by atoms with Crippen molar-refractivity contribution in [3.63, 3.8) is 0 Å². The quantitative estimate of drug-likeness (QED) is 0.611. The third-order valence-electron chi connectivity index (χ3n) is 3.02. The van der Waals surface area contributed by atoms with Crippen LogP contribution in [-0.2, 0) is 0 Å². The summed E-state index contributed by atoms with van der Waals surface area (Å²) in [6.45, 7) is 3.59. The van der Waals surface area contributed by atoms with E-state index in [4.69, 9.17) is 10.2 Å². The van der Waals surface area contributed by atoms with Crippen LogP contribution in [0.1, 0.15) is 12.8 Å². The fraction of sp³-hybridized carbons (Fsp3) is 1.00. The summed E-state index contributed by atoms with van der Waals surface area (Å²) < 4.78 is 0. The number of aliphatic hydroxyl groups excluding tert-OH is 2. The summed E-state index contributed by atoms with van der Waals surface area (Å²) in [5, 5.41) is 17.8. The molecule has 12 heavy (non-hydrogen) atoms. The fourth-order valence-electron chi connectivity index (χ4n) is 2.16. The largest absolute Gasteiger partial charge is 0.396 e. The van der Waals surface area contributed by atoms with Crippen LogP contribution >= 0.6 is 0 Å². The number of nitrogens with zero attached hydrogens (tertiary/aromatic N) is 1. The second-order valence-corrected chi connectivity index (χ2v) is 4.26. The molecule has 2 aliphatic rings. The third kappa shape index (κ3) is 1.63. The molecule has 0 spiro atoms. The fourth-order valence-corrected chi connectivity index (χ4v) is 2.16. The molecule has 0 aromatic heterocycles. The van der Waals surface area contributed by atoms with Crippen molar-refractivity contribution in [2.45, 2.75) is 18.9 Å². The zero-order valence-corrected chi connectivity index (χ0v) is 7.32. The average Bonchev–Trinajstić information content (AvgIpc) is 1.91. The Kier molecular flexibility index (Phi) is 2.35. The average molecular weight is 171 g/mol. The molecule has 0 aromatic carbocycles. The first-order valence-electron chi connectivity index (χ1n) is 4.79. The van der Waals surface area contributed by atoms with E-state index in [0.717, 1.165) is 38.4 Å². The Labute approximate surface area is 73.0 Å². The molecule has 0 unspecified atom stereocenters. The molecule has 3 nitrogen and oxygen atoms in total. The van der Waals surface area contributed by atoms with Crippen LogP contribution < -0.4 is 0 Å². The zero-order chi connectivity index (χ0) is 8.55. The van der Waals surface area contributed by atoms with Gasteiger partial charge < -0.3 is 15.1 Å². The molecule has 0 radical (unpaired) electrons. The van der Waals surface area contributed by atoms with Gasteiger partial charge in [0.2, 0.25) is 0 Å². The summed E-state index contributed by atoms with van der Waals surface area (Å²) in [4.78, 5) is 2.37. The van der Waals surface area contributed by atoms with Crippen molar-refractivity contribution in [2.24, 2.45) is 11.8 Å². The lowest BCUT2D eigenvalue weighted by molar-refractivity contribution is -0.0123. The van der Waals surface area contributed by atoms with Gasteiger partial charge in [0, 0.05) is 32.2 Å². The molecule has 0 atom stereocenters. The third-order valence-corrected chi connectivity index (χ3v) is 3.02. The molecule has 70 valence electrons. The Morgan fingerprint density at radius 1 is 1.17 bits per heavy atom. The van der Waals surface area contributed by atoms with E-state index in [2.05, 4.69) is 4.90 Å². The molecule has 2 N–H and O–H groups in total. The Morgan fingerprint density at radius 3 is 2.33 bits per heavy atom. The maximum Gasteiger partial charge on any atom is 0.0546 e. The van der Waals surface area contributed by atoms with Gasteiger partial charge >= 0.3 is 0 Å². The molecule has 0 bridgehead atoms. The summed E-state index contributed by atoms with van der Waals surface area (Å²) in [6.07, 6.45) is 1.95. The van der Waals surface area contributed by atoms with Gasteiger partial charge in [0.15, 0.2) is 0 Å². The minimum atomic E-state index is -0.0232. The minimum Gasteiger partial charge on any atom is -0.396 e. The Bertz CT molecular complexity index is 151. The topological polar surface area (TPSA) is 43.7 Å². The summed E-state index contributed by atoms with van der Waals surface area (Å²) in [5.41, 5.74) is 0. The van der Waals surface area contributed by atoms with Gasteiger partial charge in [0.05, 0.1) is 6.10 Å². The molecular weight excluding hydrogens is 154 g/mol. The molecule has 1 heterocycles. The first-order valence-corrected chi connectivity index (χ1v) is 4.79. The number of hydrogen-bond acceptors (Lipinski definition) is 3. The summed E-state index contributed by atoms with van der Waals surface area (Å²) in [7, 11) is 0. The van der Waals surface area contributed by atoms with Crippen molar-refractivity contribution in [3.8, 4) is 0 Å². The van der Waals surface area contributed by atoms with Crippen LogP contribution in [0.5, 0.6) is 0 Å². The van der Waals surface area contributed by atoms with Crippen molar-refractivity contribution in [1.82, 2.24) is 4.90 Å². The molecular formula is C9H17NO2. The first kappa shape index (κ1) is 8.48. The van der Waals surface area contributed by atoms with Gasteiger partial charge in [-0.1, -0.05) is 0 Å². The highest BCUT2D eigenvalue weighted by Gasteiger charge is 2.33. The normalized spacial score (nSPS) is 37.5. The Morgan fingerprint density at radius 2 is 1.83 bits per heavy atom. The van der Waals surface area contributed by atoms with Crippen LogP contribution in [0.2, 0.25) is 0 Å². The van der Waals surface area contributed by atoms with Gasteiger partial charge in [-0.2, -0.15) is 0 Å². The van der Waals surface area contributed by atoms with Crippen molar-refractivity contribution < 1.29 is 10.2 Å². The number of hydrogen-bond donors (Lipinski definition) is 2. The first-order chi connectivity index (χ1) is 5.78. The molecule has 1 aliphatic carbocycles. The molecule has 1 saturated heterocycles. The van der Waals surface area contributed by atoms with Gasteiger partial charge in [-0.15, -0.1) is 0 Å². The summed E-state index contributed by atoms with van der Waals surface area (Å²) >= 11 is 0. The number of aliphatic hydroxyl groups is 2. The van der Waals surface area contributed by atoms with Crippen LogP contribution in [0.3, 0.4) is 0 Å². The van der Waals surface area contributed by atoms with Gasteiger partial charge in [-0.3, -0.25) is 0 Å². The van der Waals surface area contributed by atoms with Gasteiger partial charge in [-0.05, 0) is 18.8 Å². The molecule has 2 rings (SSSR count). The van der Waals surface area contributed by atoms with Gasteiger partial charge in [-0.25, -0.2) is 0 Å². The minimum absolute atomic E-state index is 0.0232. The van der Waals surface area contributed by atoms with Crippen molar-refractivity contribution in [1.29, 1.82) is 0 Å². The van der Waals surface area contributed by atoms with Crippen molar-refractivity contribution in [3.05, 3.63) is 0 Å². The Balaban J connectivity index is 1.58. The monoisotopic (exact) mass is 171 g/mol. The van der Waals surface area contributed by atoms with Crippen molar-refractivity contribution in [2.75, 3.05) is 26.2 Å². The van der Waals surface area contributed by atoms with Crippen molar-refractivity contribution >= 4 is 0 Å². The zero-order valence-electron chi connectivity index (χ0n) is 7.32. The van der Waals surface area contributed by atoms with Crippen LogP contribution in [0.4, 0.5) is 0 Å². The SMILES string of the molecule is OCC1CN(CC2CC(O)C2)C1. The molecule has 0 aromatic rings. The second kappa shape index (κ2) is 3.32. The van der Waals surface area contributed by atoms with Crippen LogP contribution in [0.15, 0.2) is 0 Å². The van der Waals surface area contributed by atoms with E-state index < -0.39 is 0 Å². The van der Waals surface area contributed by atoms with E-state index in [1.807, 2.05) is 0 Å². The molecule has 0 amide bonds. The predicted octanol–water partition coefficient (Wildman–Crippen LogP) is -0.319. The highest BCUT2D eigenvalue weighted by atomic mass is 16.3. The van der Waals surface area contributed by atoms with Gasteiger partial charge in [0.25, 0.3) is 0 Å². The lowest BCUT2D eigenvalue weighted by Crippen LogP contribution is -2.51. The highest BCUT2D eigenvalue weighted by Crippen LogP contribution is 2.29. The smallest absolute Gasteiger partial charge is 0.0546 e. The number of likely N-dealkylation sites (tertiary alicyclic amines) is 1. The molecule has 3 heteroatoms. The highest BCUT2D eigenvalue weighted by molar-refractivity contribution is 4.86. The van der Waals surface area contributed by atoms with E-state index in [1.54, 1.807) is 0 Å². The second-order valence-electron chi connectivity index (χ2n) is 4.26. The van der Waals surface area contributed by atoms with Crippen LogP contribution in [-0.4, -0.2) is 47.5 Å². The number of rotatable bonds is 3. The van der Waals surface area contributed by atoms with E-state index >= 15 is 0 Å². The van der Waals surface area contributed by atoms with E-state index in [9.17, 15) is 0 Å². The van der Waals surface area contributed by atoms with Crippen LogP contribution in [0.25, 0.3) is 0 Å². The molecule has 1 saturated carbocycles. The predicted molar refractivity (Wildman–Crippen MR) is 45.7 cm³/mol. The summed E-state index contributed by atoms with van der Waals surface area (Å²) in [5.74, 6) is 1.25. The standard InChI is InChI=1S/C9H17NO2/c11-6-8-4-10(5-8)3-7-1-9(12)2-7/h7-9,11-12H,1-6H2.